The molecule has 0 saturated heterocycles. The maximum Gasteiger partial charge on any atom is 0.144 e. The third-order valence-electron chi connectivity index (χ3n) is 8.11. The highest BCUT2D eigenvalue weighted by Crippen LogP contribution is 2.50. The van der Waals surface area contributed by atoms with Gasteiger partial charge in [-0.15, -0.1) is 6.58 Å². The van der Waals surface area contributed by atoms with E-state index in [1.807, 2.05) is 0 Å². The second-order valence-electron chi connectivity index (χ2n) is 9.49. The van der Waals surface area contributed by atoms with Gasteiger partial charge in [0.05, 0.1) is 0 Å². The van der Waals surface area contributed by atoms with Gasteiger partial charge >= 0.3 is 0 Å². The van der Waals surface area contributed by atoms with E-state index in [0.717, 1.165) is 48.0 Å². The second-order valence-corrected chi connectivity index (χ2v) is 9.49. The molecule has 4 atom stereocenters. The van der Waals surface area contributed by atoms with Crippen molar-refractivity contribution in [2.75, 3.05) is 0 Å². The Bertz CT molecular complexity index is 733. The van der Waals surface area contributed by atoms with E-state index in [-0.39, 0.29) is 5.92 Å². The van der Waals surface area contributed by atoms with Crippen molar-refractivity contribution in [3.05, 3.63) is 47.5 Å². The number of allylic oxidation sites excluding steroid dienone is 1. The summed E-state index contributed by atoms with van der Waals surface area (Å²) < 4.78 is 28.0. The number of nitriles is 1. The summed E-state index contributed by atoms with van der Waals surface area (Å²) in [7, 11) is 0. The lowest BCUT2D eigenvalue weighted by molar-refractivity contribution is 0.0719. The smallest absolute Gasteiger partial charge is 0.144 e. The van der Waals surface area contributed by atoms with Crippen molar-refractivity contribution in [1.82, 2.24) is 0 Å². The fourth-order valence-electron chi connectivity index (χ4n) is 6.46. The Morgan fingerprint density at radius 1 is 0.821 bits per heavy atom. The molecule has 4 unspecified atom stereocenters. The van der Waals surface area contributed by atoms with Crippen LogP contribution in [0.5, 0.6) is 0 Å². The maximum absolute atomic E-state index is 14.0. The molecule has 3 fully saturated rings. The quantitative estimate of drug-likeness (QED) is 0.509. The normalized spacial score (nSPS) is 35.6. The number of rotatable bonds is 3. The number of hydrogen-bond donors (Lipinski definition) is 0. The zero-order chi connectivity index (χ0) is 19.7. The van der Waals surface area contributed by atoms with Crippen molar-refractivity contribution >= 4 is 0 Å². The molecular weight excluding hydrogens is 352 g/mol. The summed E-state index contributed by atoms with van der Waals surface area (Å²) in [5.74, 6) is 2.98. The molecule has 3 aliphatic carbocycles. The summed E-state index contributed by atoms with van der Waals surface area (Å²) in [4.78, 5) is 0. The number of nitrogens with zero attached hydrogens (tertiary/aromatic N) is 1. The molecule has 3 saturated carbocycles. The molecule has 1 nitrogen and oxygen atoms in total. The minimum Gasteiger partial charge on any atom is -0.205 e. The molecule has 0 N–H and O–H groups in total. The molecular formula is C25H31F2N. The van der Waals surface area contributed by atoms with Gasteiger partial charge in [-0.1, -0.05) is 6.08 Å². The molecule has 0 aromatic heterocycles. The van der Waals surface area contributed by atoms with Crippen LogP contribution in [-0.2, 0) is 0 Å². The van der Waals surface area contributed by atoms with Crippen molar-refractivity contribution in [3.8, 4) is 6.07 Å². The Labute approximate surface area is 167 Å². The monoisotopic (exact) mass is 383 g/mol. The zero-order valence-electron chi connectivity index (χ0n) is 16.7. The van der Waals surface area contributed by atoms with Crippen LogP contribution in [0.4, 0.5) is 8.78 Å². The lowest BCUT2D eigenvalue weighted by atomic mass is 9.61. The van der Waals surface area contributed by atoms with Gasteiger partial charge in [0.25, 0.3) is 0 Å². The topological polar surface area (TPSA) is 23.8 Å². The molecule has 0 heterocycles. The number of benzene rings is 1. The molecule has 0 radical (unpaired) electrons. The van der Waals surface area contributed by atoms with E-state index in [1.165, 1.54) is 63.5 Å². The maximum atomic E-state index is 14.0. The molecule has 0 spiro atoms. The molecule has 150 valence electrons. The van der Waals surface area contributed by atoms with Gasteiger partial charge in [-0.2, -0.15) is 5.26 Å². The summed E-state index contributed by atoms with van der Waals surface area (Å²) in [6, 6.07) is 4.39. The Kier molecular flexibility index (Phi) is 5.85. The summed E-state index contributed by atoms with van der Waals surface area (Å²) >= 11 is 0. The highest BCUT2D eigenvalue weighted by Gasteiger charge is 2.38. The van der Waals surface area contributed by atoms with Crippen molar-refractivity contribution < 1.29 is 8.78 Å². The van der Waals surface area contributed by atoms with Crippen LogP contribution in [0.25, 0.3) is 0 Å². The molecule has 1 aromatic carbocycles. The third kappa shape index (κ3) is 3.88. The summed E-state index contributed by atoms with van der Waals surface area (Å²) in [6.07, 6.45) is 14.7. The molecule has 0 amide bonds. The SMILES string of the molecule is C=CC1CCC2CC(C3CCC(c4cc(F)c(C#N)c(F)c4)CC3)CCC2C1. The van der Waals surface area contributed by atoms with Crippen molar-refractivity contribution in [2.45, 2.75) is 70.1 Å². The standard InChI is InChI=1S/C25H31F2N/c1-2-16-3-4-21-12-20(10-9-19(21)11-16)17-5-7-18(8-6-17)22-13-24(26)23(15-28)25(27)14-22/h2,13-14,16-21H,1,3-12H2. The number of hydrogen-bond acceptors (Lipinski definition) is 1. The van der Waals surface area contributed by atoms with E-state index in [1.54, 1.807) is 6.07 Å². The minimum atomic E-state index is -0.715. The molecule has 4 rings (SSSR count). The van der Waals surface area contributed by atoms with E-state index >= 15 is 0 Å². The van der Waals surface area contributed by atoms with Crippen LogP contribution in [0.3, 0.4) is 0 Å². The third-order valence-corrected chi connectivity index (χ3v) is 8.11. The van der Waals surface area contributed by atoms with Crippen LogP contribution in [0.1, 0.15) is 81.3 Å². The number of fused-ring (bicyclic) bond motifs is 1. The Morgan fingerprint density at radius 2 is 1.36 bits per heavy atom. The molecule has 28 heavy (non-hydrogen) atoms. The Morgan fingerprint density at radius 3 is 1.96 bits per heavy atom. The molecule has 3 heteroatoms. The van der Waals surface area contributed by atoms with Crippen LogP contribution < -0.4 is 0 Å². The van der Waals surface area contributed by atoms with Crippen LogP contribution in [0.2, 0.25) is 0 Å². The van der Waals surface area contributed by atoms with E-state index < -0.39 is 17.2 Å². The lowest BCUT2D eigenvalue weighted by Crippen LogP contribution is -2.34. The Balaban J connectivity index is 1.34. The van der Waals surface area contributed by atoms with E-state index in [0.29, 0.717) is 0 Å². The average Bonchev–Trinajstić information content (AvgIpc) is 2.73. The molecule has 0 bridgehead atoms. The predicted molar refractivity (Wildman–Crippen MR) is 108 cm³/mol. The van der Waals surface area contributed by atoms with E-state index in [4.69, 9.17) is 5.26 Å². The first-order valence-electron chi connectivity index (χ1n) is 11.1. The molecule has 3 aliphatic rings. The first kappa shape index (κ1) is 19.6. The number of halogens is 2. The van der Waals surface area contributed by atoms with Crippen LogP contribution in [0, 0.1) is 52.6 Å². The highest BCUT2D eigenvalue weighted by atomic mass is 19.1. The first-order chi connectivity index (χ1) is 13.6. The van der Waals surface area contributed by atoms with Crippen LogP contribution in [0.15, 0.2) is 24.8 Å². The average molecular weight is 384 g/mol. The van der Waals surface area contributed by atoms with Crippen molar-refractivity contribution in [3.63, 3.8) is 0 Å². The summed E-state index contributed by atoms with van der Waals surface area (Å²) in [5.41, 5.74) is 0.277. The Hall–Kier alpha value is -1.69. The van der Waals surface area contributed by atoms with Gasteiger partial charge in [-0.3, -0.25) is 0 Å². The van der Waals surface area contributed by atoms with Gasteiger partial charge in [0.1, 0.15) is 23.3 Å². The molecule has 0 aliphatic heterocycles. The van der Waals surface area contributed by atoms with Crippen LogP contribution >= 0.6 is 0 Å². The van der Waals surface area contributed by atoms with Crippen LogP contribution in [-0.4, -0.2) is 0 Å². The lowest BCUT2D eigenvalue weighted by Gasteiger charge is -2.45. The summed E-state index contributed by atoms with van der Waals surface area (Å²) in [6.45, 7) is 4.00. The molecule has 1 aromatic rings. The van der Waals surface area contributed by atoms with Gasteiger partial charge in [0, 0.05) is 0 Å². The predicted octanol–water partition coefficient (Wildman–Crippen LogP) is 7.13. The van der Waals surface area contributed by atoms with E-state index in [9.17, 15) is 8.78 Å². The fraction of sp³-hybridized carbons (Fsp3) is 0.640. The van der Waals surface area contributed by atoms with Gasteiger partial charge in [0.2, 0.25) is 0 Å². The highest BCUT2D eigenvalue weighted by molar-refractivity contribution is 5.36. The van der Waals surface area contributed by atoms with Gasteiger partial charge < -0.3 is 0 Å². The summed E-state index contributed by atoms with van der Waals surface area (Å²) in [5, 5.41) is 8.86. The minimum absolute atomic E-state index is 0.229. The van der Waals surface area contributed by atoms with Gasteiger partial charge in [-0.25, -0.2) is 8.78 Å². The first-order valence-corrected chi connectivity index (χ1v) is 11.1. The van der Waals surface area contributed by atoms with Gasteiger partial charge in [-0.05, 0) is 117 Å². The van der Waals surface area contributed by atoms with E-state index in [2.05, 4.69) is 12.7 Å². The zero-order valence-corrected chi connectivity index (χ0v) is 16.7. The van der Waals surface area contributed by atoms with Crippen molar-refractivity contribution in [1.29, 1.82) is 5.26 Å². The van der Waals surface area contributed by atoms with Crippen molar-refractivity contribution in [2.24, 2.45) is 29.6 Å². The second kappa shape index (κ2) is 8.36. The largest absolute Gasteiger partial charge is 0.205 e. The van der Waals surface area contributed by atoms with Gasteiger partial charge in [0.15, 0.2) is 0 Å². The fourth-order valence-corrected chi connectivity index (χ4v) is 6.46.